The van der Waals surface area contributed by atoms with Gasteiger partial charge in [-0.3, -0.25) is 0 Å². The van der Waals surface area contributed by atoms with Gasteiger partial charge in [0.15, 0.2) is 9.84 Å². The Morgan fingerprint density at radius 3 is 2.47 bits per heavy atom. The second-order valence-corrected chi connectivity index (χ2v) is 8.24. The molecule has 0 aliphatic carbocycles. The molecule has 0 aromatic heterocycles. The Morgan fingerprint density at radius 2 is 2.00 bits per heavy atom. The van der Waals surface area contributed by atoms with E-state index < -0.39 is 20.7 Å². The molecule has 96 valence electrons. The fourth-order valence-corrected chi connectivity index (χ4v) is 2.40. The second-order valence-electron chi connectivity index (χ2n) is 4.73. The van der Waals surface area contributed by atoms with Crippen molar-refractivity contribution in [2.45, 2.75) is 31.1 Å². The van der Waals surface area contributed by atoms with Crippen LogP contribution in [0.5, 0.6) is 0 Å². The molecular formula is C12H17BrO3S. The van der Waals surface area contributed by atoms with Gasteiger partial charge in [-0.05, 0) is 38.0 Å². The van der Waals surface area contributed by atoms with Gasteiger partial charge < -0.3 is 5.11 Å². The van der Waals surface area contributed by atoms with Gasteiger partial charge in [0.1, 0.15) is 0 Å². The van der Waals surface area contributed by atoms with Crippen molar-refractivity contribution in [2.75, 3.05) is 6.26 Å². The lowest BCUT2D eigenvalue weighted by atomic mass is 9.98. The minimum atomic E-state index is -3.29. The number of benzene rings is 1. The Hall–Kier alpha value is -0.390. The lowest BCUT2D eigenvalue weighted by Crippen LogP contribution is -2.44. The zero-order valence-corrected chi connectivity index (χ0v) is 12.5. The van der Waals surface area contributed by atoms with Crippen LogP contribution in [0.2, 0.25) is 0 Å². The Morgan fingerprint density at radius 1 is 1.41 bits per heavy atom. The van der Waals surface area contributed by atoms with Crippen LogP contribution in [0.4, 0.5) is 0 Å². The molecule has 1 aromatic carbocycles. The molecule has 1 unspecified atom stereocenters. The molecule has 0 radical (unpaired) electrons. The van der Waals surface area contributed by atoms with Crippen molar-refractivity contribution in [1.29, 1.82) is 0 Å². The number of hydrogen-bond acceptors (Lipinski definition) is 3. The third kappa shape index (κ3) is 3.53. The minimum Gasteiger partial charge on any atom is -0.391 e. The molecule has 1 N–H and O–H groups in total. The lowest BCUT2D eigenvalue weighted by Gasteiger charge is -2.28. The van der Waals surface area contributed by atoms with Gasteiger partial charge in [0.05, 0.1) is 10.9 Å². The molecule has 0 heterocycles. The highest BCUT2D eigenvalue weighted by Crippen LogP contribution is 2.24. The summed E-state index contributed by atoms with van der Waals surface area (Å²) in [4.78, 5) is 0. The smallest absolute Gasteiger partial charge is 0.155 e. The molecule has 3 nitrogen and oxygen atoms in total. The van der Waals surface area contributed by atoms with E-state index in [0.717, 1.165) is 16.3 Å². The maximum Gasteiger partial charge on any atom is 0.155 e. The summed E-state index contributed by atoms with van der Waals surface area (Å²) in [5.74, 6) is 0. The van der Waals surface area contributed by atoms with E-state index in [1.165, 1.54) is 0 Å². The summed E-state index contributed by atoms with van der Waals surface area (Å²) in [6.07, 6.45) is 0.545. The van der Waals surface area contributed by atoms with E-state index in [9.17, 15) is 13.5 Å². The number of aliphatic hydroxyl groups excluding tert-OH is 1. The van der Waals surface area contributed by atoms with E-state index >= 15 is 0 Å². The van der Waals surface area contributed by atoms with Crippen LogP contribution in [0.3, 0.4) is 0 Å². The summed E-state index contributed by atoms with van der Waals surface area (Å²) in [6.45, 7) is 3.09. The second kappa shape index (κ2) is 5.08. The highest BCUT2D eigenvalue weighted by atomic mass is 79.9. The van der Waals surface area contributed by atoms with Gasteiger partial charge in [-0.25, -0.2) is 8.42 Å². The molecule has 1 rings (SSSR count). The maximum atomic E-state index is 11.6. The van der Waals surface area contributed by atoms with Gasteiger partial charge in [0, 0.05) is 10.7 Å². The number of hydrogen-bond donors (Lipinski definition) is 1. The summed E-state index contributed by atoms with van der Waals surface area (Å²) in [7, 11) is -3.29. The number of aliphatic hydroxyl groups is 1. The largest absolute Gasteiger partial charge is 0.391 e. The lowest BCUT2D eigenvalue weighted by molar-refractivity contribution is 0.138. The molecule has 0 fully saturated rings. The van der Waals surface area contributed by atoms with E-state index in [4.69, 9.17) is 0 Å². The molecule has 0 saturated carbocycles. The van der Waals surface area contributed by atoms with Gasteiger partial charge in [-0.15, -0.1) is 0 Å². The first kappa shape index (κ1) is 14.7. The molecular weight excluding hydrogens is 304 g/mol. The van der Waals surface area contributed by atoms with Crippen molar-refractivity contribution in [2.24, 2.45) is 0 Å². The summed E-state index contributed by atoms with van der Waals surface area (Å²) in [5, 5.41) is 10.1. The van der Waals surface area contributed by atoms with Crippen LogP contribution in [0.1, 0.15) is 19.4 Å². The van der Waals surface area contributed by atoms with Crippen molar-refractivity contribution >= 4 is 25.8 Å². The topological polar surface area (TPSA) is 54.4 Å². The quantitative estimate of drug-likeness (QED) is 0.925. The highest BCUT2D eigenvalue weighted by Gasteiger charge is 2.37. The molecule has 17 heavy (non-hydrogen) atoms. The van der Waals surface area contributed by atoms with Crippen molar-refractivity contribution in [3.63, 3.8) is 0 Å². The van der Waals surface area contributed by atoms with Gasteiger partial charge >= 0.3 is 0 Å². The van der Waals surface area contributed by atoms with Gasteiger partial charge in [0.2, 0.25) is 0 Å². The van der Waals surface area contributed by atoms with E-state index in [1.807, 2.05) is 24.3 Å². The molecule has 0 spiro atoms. The van der Waals surface area contributed by atoms with Crippen molar-refractivity contribution in [1.82, 2.24) is 0 Å². The molecule has 0 saturated heterocycles. The Balaban J connectivity index is 2.90. The van der Waals surface area contributed by atoms with E-state index in [1.54, 1.807) is 13.8 Å². The third-order valence-corrected chi connectivity index (χ3v) is 5.75. The van der Waals surface area contributed by atoms with Crippen molar-refractivity contribution in [3.05, 3.63) is 34.3 Å². The number of sulfone groups is 1. The van der Waals surface area contributed by atoms with Gasteiger partial charge in [-0.2, -0.15) is 0 Å². The van der Waals surface area contributed by atoms with E-state index in [0.29, 0.717) is 6.42 Å². The summed E-state index contributed by atoms with van der Waals surface area (Å²) >= 11 is 3.34. The third-order valence-electron chi connectivity index (χ3n) is 3.08. The molecule has 5 heteroatoms. The number of halogens is 1. The molecule has 0 amide bonds. The average Bonchev–Trinajstić information content (AvgIpc) is 2.15. The van der Waals surface area contributed by atoms with E-state index in [-0.39, 0.29) is 0 Å². The first-order valence-corrected chi connectivity index (χ1v) is 7.95. The average molecular weight is 321 g/mol. The van der Waals surface area contributed by atoms with Crippen LogP contribution in [0, 0.1) is 0 Å². The highest BCUT2D eigenvalue weighted by molar-refractivity contribution is 9.10. The first-order valence-electron chi connectivity index (χ1n) is 5.26. The zero-order chi connectivity index (χ0) is 13.3. The van der Waals surface area contributed by atoms with Crippen LogP contribution < -0.4 is 0 Å². The van der Waals surface area contributed by atoms with Gasteiger partial charge in [-0.1, -0.05) is 28.1 Å². The Labute approximate surface area is 111 Å². The van der Waals surface area contributed by atoms with Crippen LogP contribution in [-0.2, 0) is 16.3 Å². The van der Waals surface area contributed by atoms with Gasteiger partial charge in [0.25, 0.3) is 0 Å². The first-order chi connectivity index (χ1) is 7.64. The number of rotatable bonds is 4. The standard InChI is InChI=1S/C12H17BrO3S/c1-12(2,17(3,15)16)11(14)8-9-5-4-6-10(13)7-9/h4-7,11,14H,8H2,1-3H3. The minimum absolute atomic E-state index is 0.319. The summed E-state index contributed by atoms with van der Waals surface area (Å²) in [6, 6.07) is 7.49. The van der Waals surface area contributed by atoms with Crippen molar-refractivity contribution < 1.29 is 13.5 Å². The van der Waals surface area contributed by atoms with Crippen LogP contribution in [0.15, 0.2) is 28.7 Å². The molecule has 0 bridgehead atoms. The predicted molar refractivity (Wildman–Crippen MR) is 72.8 cm³/mol. The Bertz CT molecular complexity index is 494. The van der Waals surface area contributed by atoms with Crippen LogP contribution in [0.25, 0.3) is 0 Å². The SMILES string of the molecule is CC(C)(C(O)Cc1cccc(Br)c1)S(C)(=O)=O. The van der Waals surface area contributed by atoms with Crippen molar-refractivity contribution in [3.8, 4) is 0 Å². The molecule has 1 atom stereocenters. The van der Waals surface area contributed by atoms with Crippen LogP contribution >= 0.6 is 15.9 Å². The fraction of sp³-hybridized carbons (Fsp3) is 0.500. The zero-order valence-electron chi connectivity index (χ0n) is 10.1. The summed E-state index contributed by atoms with van der Waals surface area (Å²) < 4.78 is 22.9. The monoisotopic (exact) mass is 320 g/mol. The normalized spacial score (nSPS) is 14.6. The molecule has 1 aromatic rings. The predicted octanol–water partition coefficient (Wildman–Crippen LogP) is 2.18. The fourth-order valence-electron chi connectivity index (χ4n) is 1.38. The molecule has 0 aliphatic rings. The molecule has 0 aliphatic heterocycles. The maximum absolute atomic E-state index is 11.6. The Kier molecular flexibility index (Phi) is 4.38. The van der Waals surface area contributed by atoms with E-state index in [2.05, 4.69) is 15.9 Å². The van der Waals surface area contributed by atoms with Crippen LogP contribution in [-0.4, -0.2) is 30.6 Å². The summed E-state index contributed by atoms with van der Waals surface area (Å²) in [5.41, 5.74) is 0.906.